The zero-order chi connectivity index (χ0) is 21.9. The highest BCUT2D eigenvalue weighted by Gasteiger charge is 2.26. The van der Waals surface area contributed by atoms with Crippen molar-refractivity contribution in [2.45, 2.75) is 18.7 Å². The molecular weight excluding hydrogens is 442 g/mol. The van der Waals surface area contributed by atoms with Gasteiger partial charge in [0.15, 0.2) is 5.76 Å². The first-order valence-electron chi connectivity index (χ1n) is 10.3. The standard InChI is InChI=1S/C24H21N3O3S2/c28-22(19-7-4-11-30-19)26-17-6-3-5-16(13-17)14-25-23(29)21-18-8-12-31-15-20(18)32-24(21)27-9-1-2-10-27/h1-7,9-11,13H,8,12,14-15H2,(H,25,29)(H,26,28). The summed E-state index contributed by atoms with van der Waals surface area (Å²) in [6.07, 6.45) is 6.33. The number of hydrogen-bond acceptors (Lipinski definition) is 5. The smallest absolute Gasteiger partial charge is 0.291 e. The Bertz CT molecular complexity index is 1240. The molecule has 1 aliphatic heterocycles. The molecule has 2 amide bonds. The lowest BCUT2D eigenvalue weighted by Crippen LogP contribution is -2.25. The van der Waals surface area contributed by atoms with Gasteiger partial charge in [0.05, 0.1) is 11.8 Å². The molecule has 0 atom stereocenters. The van der Waals surface area contributed by atoms with Gasteiger partial charge >= 0.3 is 0 Å². The molecule has 4 aromatic rings. The number of fused-ring (bicyclic) bond motifs is 1. The van der Waals surface area contributed by atoms with E-state index in [0.717, 1.165) is 34.1 Å². The van der Waals surface area contributed by atoms with Crippen molar-refractivity contribution in [1.82, 2.24) is 9.88 Å². The molecular formula is C24H21N3O3S2. The Hall–Kier alpha value is -3.23. The molecule has 0 aliphatic carbocycles. The van der Waals surface area contributed by atoms with Gasteiger partial charge in [0.25, 0.3) is 11.8 Å². The summed E-state index contributed by atoms with van der Waals surface area (Å²) in [5.74, 6) is 1.87. The number of thiophene rings is 1. The number of amides is 2. The molecule has 32 heavy (non-hydrogen) atoms. The number of rotatable bonds is 6. The third-order valence-corrected chi connectivity index (χ3v) is 7.66. The number of nitrogens with zero attached hydrogens (tertiary/aromatic N) is 1. The molecule has 0 bridgehead atoms. The van der Waals surface area contributed by atoms with Crippen LogP contribution >= 0.6 is 23.1 Å². The summed E-state index contributed by atoms with van der Waals surface area (Å²) in [5.41, 5.74) is 3.51. The number of aromatic nitrogens is 1. The fourth-order valence-corrected chi connectivity index (χ4v) is 6.18. The largest absolute Gasteiger partial charge is 0.459 e. The van der Waals surface area contributed by atoms with Crippen LogP contribution in [0, 0.1) is 0 Å². The molecule has 4 heterocycles. The summed E-state index contributed by atoms with van der Waals surface area (Å²) in [4.78, 5) is 26.8. The van der Waals surface area contributed by atoms with Crippen LogP contribution in [-0.4, -0.2) is 22.1 Å². The Kier molecular flexibility index (Phi) is 5.87. The Morgan fingerprint density at radius 3 is 2.75 bits per heavy atom. The number of benzene rings is 1. The van der Waals surface area contributed by atoms with Gasteiger partial charge in [-0.3, -0.25) is 9.59 Å². The number of hydrogen-bond donors (Lipinski definition) is 2. The van der Waals surface area contributed by atoms with Crippen LogP contribution in [0.1, 0.15) is 36.9 Å². The zero-order valence-electron chi connectivity index (χ0n) is 17.2. The van der Waals surface area contributed by atoms with E-state index in [4.69, 9.17) is 4.42 Å². The molecule has 2 N–H and O–H groups in total. The summed E-state index contributed by atoms with van der Waals surface area (Å²) in [5, 5.41) is 6.87. The molecule has 8 heteroatoms. The van der Waals surface area contributed by atoms with Gasteiger partial charge in [-0.1, -0.05) is 12.1 Å². The van der Waals surface area contributed by atoms with Gasteiger partial charge < -0.3 is 19.6 Å². The Labute approximate surface area is 193 Å². The van der Waals surface area contributed by atoms with Crippen LogP contribution < -0.4 is 10.6 Å². The van der Waals surface area contributed by atoms with Gasteiger partial charge in [-0.2, -0.15) is 11.8 Å². The van der Waals surface area contributed by atoms with Gasteiger partial charge in [-0.05, 0) is 59.7 Å². The number of thioether (sulfide) groups is 1. The monoisotopic (exact) mass is 463 g/mol. The lowest BCUT2D eigenvalue weighted by molar-refractivity contribution is 0.0949. The highest BCUT2D eigenvalue weighted by molar-refractivity contribution is 7.98. The van der Waals surface area contributed by atoms with E-state index in [-0.39, 0.29) is 17.6 Å². The van der Waals surface area contributed by atoms with Crippen LogP contribution in [0.15, 0.2) is 71.6 Å². The predicted octanol–water partition coefficient (Wildman–Crippen LogP) is 5.10. The molecule has 0 unspecified atom stereocenters. The van der Waals surface area contributed by atoms with E-state index in [1.54, 1.807) is 23.5 Å². The number of nitrogens with one attached hydrogen (secondary N) is 2. The maximum atomic E-state index is 13.3. The van der Waals surface area contributed by atoms with Crippen molar-refractivity contribution in [3.63, 3.8) is 0 Å². The van der Waals surface area contributed by atoms with Crippen LogP contribution in [0.5, 0.6) is 0 Å². The molecule has 0 saturated carbocycles. The first-order valence-corrected chi connectivity index (χ1v) is 12.2. The van der Waals surface area contributed by atoms with E-state index in [1.165, 1.54) is 16.7 Å². The third-order valence-electron chi connectivity index (χ3n) is 5.25. The fraction of sp³-hybridized carbons (Fsp3) is 0.167. The molecule has 0 fully saturated rings. The number of carbonyl (C=O) groups excluding carboxylic acids is 2. The van der Waals surface area contributed by atoms with Crippen LogP contribution in [0.4, 0.5) is 5.69 Å². The third kappa shape index (κ3) is 4.24. The van der Waals surface area contributed by atoms with Gasteiger partial charge in [-0.25, -0.2) is 0 Å². The van der Waals surface area contributed by atoms with E-state index in [2.05, 4.69) is 10.6 Å². The normalized spacial score (nSPS) is 12.9. The van der Waals surface area contributed by atoms with Crippen molar-refractivity contribution in [1.29, 1.82) is 0 Å². The summed E-state index contributed by atoms with van der Waals surface area (Å²) >= 11 is 3.61. The van der Waals surface area contributed by atoms with Gasteiger partial charge in [0, 0.05) is 35.3 Å². The molecule has 162 valence electrons. The quantitative estimate of drug-likeness (QED) is 0.417. The maximum absolute atomic E-state index is 13.3. The minimum absolute atomic E-state index is 0.0666. The summed E-state index contributed by atoms with van der Waals surface area (Å²) in [7, 11) is 0. The predicted molar refractivity (Wildman–Crippen MR) is 128 cm³/mol. The van der Waals surface area contributed by atoms with Crippen molar-refractivity contribution >= 4 is 40.6 Å². The molecule has 0 spiro atoms. The van der Waals surface area contributed by atoms with Crippen LogP contribution in [-0.2, 0) is 18.7 Å². The first kappa shape index (κ1) is 20.7. The molecule has 3 aromatic heterocycles. The maximum Gasteiger partial charge on any atom is 0.291 e. The van der Waals surface area contributed by atoms with Crippen molar-refractivity contribution in [3.8, 4) is 5.00 Å². The summed E-state index contributed by atoms with van der Waals surface area (Å²) in [6, 6.07) is 14.7. The molecule has 5 rings (SSSR count). The Morgan fingerprint density at radius 2 is 1.94 bits per heavy atom. The van der Waals surface area contributed by atoms with Crippen molar-refractivity contribution in [3.05, 3.63) is 94.5 Å². The molecule has 0 saturated heterocycles. The summed E-state index contributed by atoms with van der Waals surface area (Å²) in [6.45, 7) is 0.369. The highest BCUT2D eigenvalue weighted by Crippen LogP contribution is 2.38. The van der Waals surface area contributed by atoms with Gasteiger partial charge in [0.2, 0.25) is 0 Å². The van der Waals surface area contributed by atoms with E-state index in [0.29, 0.717) is 12.2 Å². The second-order valence-corrected chi connectivity index (χ2v) is 9.58. The fourth-order valence-electron chi connectivity index (χ4n) is 3.73. The van der Waals surface area contributed by atoms with E-state index < -0.39 is 0 Å². The first-order chi connectivity index (χ1) is 15.7. The SMILES string of the molecule is O=C(Nc1cccc(CNC(=O)c2c(-n3cccc3)sc3c2CCSC3)c1)c1ccco1. The lowest BCUT2D eigenvalue weighted by atomic mass is 10.1. The average Bonchev–Trinajstić information content (AvgIpc) is 3.58. The minimum atomic E-state index is -0.310. The van der Waals surface area contributed by atoms with E-state index in [9.17, 15) is 9.59 Å². The minimum Gasteiger partial charge on any atom is -0.459 e. The topological polar surface area (TPSA) is 76.3 Å². The highest BCUT2D eigenvalue weighted by atomic mass is 32.2. The second kappa shape index (κ2) is 9.10. The molecule has 0 radical (unpaired) electrons. The number of carbonyl (C=O) groups is 2. The van der Waals surface area contributed by atoms with E-state index >= 15 is 0 Å². The van der Waals surface area contributed by atoms with Gasteiger partial charge in [0.1, 0.15) is 5.00 Å². The molecule has 6 nitrogen and oxygen atoms in total. The van der Waals surface area contributed by atoms with Crippen molar-refractivity contribution < 1.29 is 14.0 Å². The van der Waals surface area contributed by atoms with Crippen molar-refractivity contribution in [2.24, 2.45) is 0 Å². The second-order valence-electron chi connectivity index (χ2n) is 7.39. The van der Waals surface area contributed by atoms with Crippen LogP contribution in [0.25, 0.3) is 5.00 Å². The van der Waals surface area contributed by atoms with Crippen LogP contribution in [0.2, 0.25) is 0 Å². The lowest BCUT2D eigenvalue weighted by Gasteiger charge is -2.13. The van der Waals surface area contributed by atoms with Crippen molar-refractivity contribution in [2.75, 3.05) is 11.1 Å². The average molecular weight is 464 g/mol. The molecule has 1 aliphatic rings. The Morgan fingerprint density at radius 1 is 1.06 bits per heavy atom. The van der Waals surface area contributed by atoms with Gasteiger partial charge in [-0.15, -0.1) is 11.3 Å². The number of furan rings is 1. The van der Waals surface area contributed by atoms with E-state index in [1.807, 2.05) is 65.1 Å². The summed E-state index contributed by atoms with van der Waals surface area (Å²) < 4.78 is 7.15. The zero-order valence-corrected chi connectivity index (χ0v) is 18.8. The number of anilines is 1. The molecule has 1 aromatic carbocycles. The Balaban J connectivity index is 1.32. The van der Waals surface area contributed by atoms with Crippen LogP contribution in [0.3, 0.4) is 0 Å².